The van der Waals surface area contributed by atoms with E-state index in [-0.39, 0.29) is 23.5 Å². The number of hydrogen-bond donors (Lipinski definition) is 1. The summed E-state index contributed by atoms with van der Waals surface area (Å²) in [6.07, 6.45) is 0. The van der Waals surface area contributed by atoms with Gasteiger partial charge >= 0.3 is 5.97 Å². The van der Waals surface area contributed by atoms with Crippen molar-refractivity contribution in [1.29, 1.82) is 0 Å². The molecule has 1 saturated heterocycles. The Bertz CT molecular complexity index is 896. The summed E-state index contributed by atoms with van der Waals surface area (Å²) in [6.45, 7) is 1.79. The predicted octanol–water partition coefficient (Wildman–Crippen LogP) is 3.46. The van der Waals surface area contributed by atoms with Gasteiger partial charge in [-0.15, -0.1) is 0 Å². The van der Waals surface area contributed by atoms with Crippen LogP contribution in [0.1, 0.15) is 15.9 Å². The molecule has 0 spiro atoms. The van der Waals surface area contributed by atoms with E-state index in [4.69, 9.17) is 4.74 Å². The molecule has 1 fully saturated rings. The number of ether oxygens (including phenoxy) is 1. The average molecular weight is 339 g/mol. The smallest absolute Gasteiger partial charge is 0.344 e. The number of carbonyl (C=O) groups excluding carboxylic acids is 2. The highest BCUT2D eigenvalue weighted by molar-refractivity contribution is 6.29. The molecule has 126 valence electrons. The molecule has 1 heterocycles. The standard InChI is InChI=1S/C19H14FNO4/c1-11-2-8-14(9-3-11)21-15-10-25-19(24)16(15)18(23)17(22)12-4-6-13(20)7-5-12/h2-9,23H,10H2,1H3/b18-16+,21-15?. The van der Waals surface area contributed by atoms with Crippen molar-refractivity contribution in [2.45, 2.75) is 6.92 Å². The molecular formula is C19H14FNO4. The number of aliphatic imine (C=N–C) groups is 1. The summed E-state index contributed by atoms with van der Waals surface area (Å²) in [5, 5.41) is 10.3. The lowest BCUT2D eigenvalue weighted by atomic mass is 10.0. The Labute approximate surface area is 143 Å². The lowest BCUT2D eigenvalue weighted by Crippen LogP contribution is -2.13. The van der Waals surface area contributed by atoms with E-state index >= 15 is 0 Å². The molecule has 0 atom stereocenters. The number of halogens is 1. The summed E-state index contributed by atoms with van der Waals surface area (Å²) in [5.41, 5.74) is 1.57. The fraction of sp³-hybridized carbons (Fsp3) is 0.105. The van der Waals surface area contributed by atoms with Gasteiger partial charge in [0, 0.05) is 5.56 Å². The molecule has 1 aliphatic rings. The molecule has 0 unspecified atom stereocenters. The third-order valence-electron chi connectivity index (χ3n) is 3.69. The van der Waals surface area contributed by atoms with Gasteiger partial charge in [0.15, 0.2) is 5.76 Å². The Hall–Kier alpha value is -3.28. The fourth-order valence-corrected chi connectivity index (χ4v) is 2.34. The van der Waals surface area contributed by atoms with E-state index in [1.165, 1.54) is 12.1 Å². The van der Waals surface area contributed by atoms with Crippen LogP contribution in [-0.4, -0.2) is 29.2 Å². The van der Waals surface area contributed by atoms with Crippen molar-refractivity contribution in [2.75, 3.05) is 6.61 Å². The molecule has 0 radical (unpaired) electrons. The molecule has 5 nitrogen and oxygen atoms in total. The quantitative estimate of drug-likeness (QED) is 0.402. The molecule has 2 aromatic rings. The lowest BCUT2D eigenvalue weighted by molar-refractivity contribution is -0.135. The zero-order valence-corrected chi connectivity index (χ0v) is 13.3. The predicted molar refractivity (Wildman–Crippen MR) is 89.6 cm³/mol. The highest BCUT2D eigenvalue weighted by Crippen LogP contribution is 2.22. The zero-order valence-electron chi connectivity index (χ0n) is 13.3. The summed E-state index contributed by atoms with van der Waals surface area (Å²) < 4.78 is 17.9. The molecule has 1 N–H and O–H groups in total. The number of cyclic esters (lactones) is 1. The van der Waals surface area contributed by atoms with Crippen LogP contribution in [0.3, 0.4) is 0 Å². The van der Waals surface area contributed by atoms with Gasteiger partial charge < -0.3 is 9.84 Å². The number of benzene rings is 2. The molecule has 2 aromatic carbocycles. The van der Waals surface area contributed by atoms with Crippen LogP contribution < -0.4 is 0 Å². The first-order valence-electron chi connectivity index (χ1n) is 7.51. The molecule has 0 bridgehead atoms. The third kappa shape index (κ3) is 3.47. The molecule has 0 aromatic heterocycles. The second-order valence-electron chi connectivity index (χ2n) is 5.53. The summed E-state index contributed by atoms with van der Waals surface area (Å²) in [7, 11) is 0. The zero-order chi connectivity index (χ0) is 18.0. The number of allylic oxidation sites excluding steroid dienone is 1. The average Bonchev–Trinajstić information content (AvgIpc) is 2.96. The van der Waals surface area contributed by atoms with Gasteiger partial charge in [-0.3, -0.25) is 4.79 Å². The summed E-state index contributed by atoms with van der Waals surface area (Å²) in [6, 6.07) is 11.9. The Morgan fingerprint density at radius 1 is 1.12 bits per heavy atom. The maximum Gasteiger partial charge on any atom is 0.344 e. The fourth-order valence-electron chi connectivity index (χ4n) is 2.34. The van der Waals surface area contributed by atoms with Crippen LogP contribution in [-0.2, 0) is 9.53 Å². The van der Waals surface area contributed by atoms with Crippen molar-refractivity contribution >= 4 is 23.2 Å². The number of aliphatic hydroxyl groups is 1. The minimum absolute atomic E-state index is 0.0563. The number of nitrogens with zero attached hydrogens (tertiary/aromatic N) is 1. The second kappa shape index (κ2) is 6.68. The Kier molecular flexibility index (Phi) is 4.43. The van der Waals surface area contributed by atoms with Crippen LogP contribution in [0, 0.1) is 12.7 Å². The minimum Gasteiger partial charge on any atom is -0.503 e. The number of hydrogen-bond acceptors (Lipinski definition) is 5. The molecule has 25 heavy (non-hydrogen) atoms. The SMILES string of the molecule is Cc1ccc(N=C2COC(=O)/C2=C(/O)C(=O)c2ccc(F)cc2)cc1. The summed E-state index contributed by atoms with van der Waals surface area (Å²) in [5.74, 6) is -2.89. The van der Waals surface area contributed by atoms with Crippen molar-refractivity contribution in [1.82, 2.24) is 0 Å². The van der Waals surface area contributed by atoms with E-state index < -0.39 is 23.3 Å². The number of Topliss-reactive ketones (excluding diaryl/α,β-unsaturated/α-hetero) is 1. The third-order valence-corrected chi connectivity index (χ3v) is 3.69. The van der Waals surface area contributed by atoms with E-state index in [0.717, 1.165) is 17.7 Å². The maximum absolute atomic E-state index is 13.0. The summed E-state index contributed by atoms with van der Waals surface area (Å²) >= 11 is 0. The number of ketones is 1. The number of carbonyl (C=O) groups is 2. The summed E-state index contributed by atoms with van der Waals surface area (Å²) in [4.78, 5) is 28.5. The van der Waals surface area contributed by atoms with Gasteiger partial charge in [0.05, 0.1) is 11.4 Å². The number of aryl methyl sites for hydroxylation is 1. The van der Waals surface area contributed by atoms with Crippen LogP contribution in [0.2, 0.25) is 0 Å². The molecular weight excluding hydrogens is 325 g/mol. The number of esters is 1. The van der Waals surface area contributed by atoms with Gasteiger partial charge in [-0.2, -0.15) is 0 Å². The van der Waals surface area contributed by atoms with Crippen LogP contribution in [0.15, 0.2) is 64.9 Å². The molecule has 6 heteroatoms. The van der Waals surface area contributed by atoms with Crippen molar-refractivity contribution in [2.24, 2.45) is 4.99 Å². The Balaban J connectivity index is 2.00. The van der Waals surface area contributed by atoms with Gasteiger partial charge in [-0.1, -0.05) is 17.7 Å². The highest BCUT2D eigenvalue weighted by atomic mass is 19.1. The van der Waals surface area contributed by atoms with Gasteiger partial charge in [0.2, 0.25) is 5.78 Å². The second-order valence-corrected chi connectivity index (χ2v) is 5.53. The van der Waals surface area contributed by atoms with E-state index in [2.05, 4.69) is 4.99 Å². The molecule has 0 amide bonds. The minimum atomic E-state index is -0.821. The number of aliphatic hydroxyl groups excluding tert-OH is 1. The van der Waals surface area contributed by atoms with Gasteiger partial charge in [0.25, 0.3) is 0 Å². The topological polar surface area (TPSA) is 76.0 Å². The molecule has 3 rings (SSSR count). The van der Waals surface area contributed by atoms with Crippen LogP contribution in [0.25, 0.3) is 0 Å². The molecule has 1 aliphatic heterocycles. The van der Waals surface area contributed by atoms with Gasteiger partial charge in [0.1, 0.15) is 18.0 Å². The Morgan fingerprint density at radius 2 is 1.76 bits per heavy atom. The van der Waals surface area contributed by atoms with E-state index in [9.17, 15) is 19.1 Å². The van der Waals surface area contributed by atoms with Crippen LogP contribution in [0.5, 0.6) is 0 Å². The van der Waals surface area contributed by atoms with E-state index in [1.54, 1.807) is 12.1 Å². The monoisotopic (exact) mass is 339 g/mol. The van der Waals surface area contributed by atoms with Gasteiger partial charge in [-0.05, 0) is 43.3 Å². The first-order chi connectivity index (χ1) is 12.0. The van der Waals surface area contributed by atoms with Crippen molar-refractivity contribution in [3.63, 3.8) is 0 Å². The normalized spacial score (nSPS) is 17.5. The first kappa shape index (κ1) is 16.6. The van der Waals surface area contributed by atoms with E-state index in [0.29, 0.717) is 5.69 Å². The van der Waals surface area contributed by atoms with Crippen molar-refractivity contribution in [3.05, 3.63) is 76.8 Å². The highest BCUT2D eigenvalue weighted by Gasteiger charge is 2.33. The maximum atomic E-state index is 13.0. The Morgan fingerprint density at radius 3 is 2.40 bits per heavy atom. The largest absolute Gasteiger partial charge is 0.503 e. The van der Waals surface area contributed by atoms with Crippen LogP contribution in [0.4, 0.5) is 10.1 Å². The number of rotatable bonds is 3. The van der Waals surface area contributed by atoms with E-state index in [1.807, 2.05) is 19.1 Å². The van der Waals surface area contributed by atoms with Crippen molar-refractivity contribution in [3.8, 4) is 0 Å². The lowest BCUT2D eigenvalue weighted by Gasteiger charge is -2.03. The first-order valence-corrected chi connectivity index (χ1v) is 7.51. The molecule has 0 saturated carbocycles. The van der Waals surface area contributed by atoms with Crippen LogP contribution >= 0.6 is 0 Å². The van der Waals surface area contributed by atoms with Crippen molar-refractivity contribution < 1.29 is 23.8 Å². The molecule has 0 aliphatic carbocycles. The van der Waals surface area contributed by atoms with Gasteiger partial charge in [-0.25, -0.2) is 14.2 Å².